The summed E-state index contributed by atoms with van der Waals surface area (Å²) in [5, 5.41) is 18.5. The molecule has 0 unspecified atom stereocenters. The van der Waals surface area contributed by atoms with Crippen molar-refractivity contribution >= 4 is 21.4 Å². The van der Waals surface area contributed by atoms with Crippen LogP contribution in [0.25, 0.3) is 0 Å². The van der Waals surface area contributed by atoms with Gasteiger partial charge in [-0.2, -0.15) is 10.5 Å². The second-order valence-electron chi connectivity index (χ2n) is 6.08. The van der Waals surface area contributed by atoms with Crippen molar-refractivity contribution in [3.8, 4) is 12.1 Å². The molecule has 1 aliphatic rings. The van der Waals surface area contributed by atoms with Gasteiger partial charge < -0.3 is 0 Å². The molecule has 25 heavy (non-hydrogen) atoms. The van der Waals surface area contributed by atoms with Gasteiger partial charge in [0.25, 0.3) is 0 Å². The Morgan fingerprint density at radius 1 is 1.04 bits per heavy atom. The van der Waals surface area contributed by atoms with Crippen molar-refractivity contribution in [2.45, 2.75) is 29.4 Å². The number of aryl methyl sites for hydroxylation is 1. The fraction of sp³-hybridized carbons (Fsp3) is 0.263. The highest BCUT2D eigenvalue weighted by Gasteiger charge is 2.73. The highest BCUT2D eigenvalue weighted by Crippen LogP contribution is 2.63. The van der Waals surface area contributed by atoms with Crippen molar-refractivity contribution in [1.29, 1.82) is 10.5 Å². The number of rotatable bonds is 4. The molecule has 0 radical (unpaired) electrons. The van der Waals surface area contributed by atoms with Crippen LogP contribution in [0.4, 0.5) is 0 Å². The molecule has 0 amide bonds. The van der Waals surface area contributed by atoms with Gasteiger partial charge >= 0.3 is 0 Å². The van der Waals surface area contributed by atoms with Gasteiger partial charge in [-0.1, -0.05) is 42.8 Å². The molecule has 0 N–H and O–H groups in total. The average molecular weight is 371 g/mol. The summed E-state index contributed by atoms with van der Waals surface area (Å²) >= 11 is 5.82. The van der Waals surface area contributed by atoms with Crippen molar-refractivity contribution in [3.63, 3.8) is 0 Å². The van der Waals surface area contributed by atoms with Gasteiger partial charge in [0.15, 0.2) is 15.3 Å². The second kappa shape index (κ2) is 6.19. The lowest BCUT2D eigenvalue weighted by Gasteiger charge is -2.04. The van der Waals surface area contributed by atoms with E-state index >= 15 is 0 Å². The first kappa shape index (κ1) is 17.5. The Morgan fingerprint density at radius 2 is 1.60 bits per heavy atom. The summed E-state index contributed by atoms with van der Waals surface area (Å²) in [5.41, 5.74) is 0.246. The first-order valence-electron chi connectivity index (χ1n) is 7.81. The Labute approximate surface area is 152 Å². The molecule has 1 aliphatic carbocycles. The lowest BCUT2D eigenvalue weighted by atomic mass is 10.0. The SMILES string of the molecule is CCc1ccc([C@@H]2[C@H](S(=O)(=O)c3ccc(Cl)cc3)C2(C#N)C#N)cc1. The molecule has 2 aromatic rings. The molecule has 2 aromatic carbocycles. The number of nitrogens with zero attached hydrogens (tertiary/aromatic N) is 2. The molecule has 1 saturated carbocycles. The maximum atomic E-state index is 13.0. The molecular weight excluding hydrogens is 356 g/mol. The maximum Gasteiger partial charge on any atom is 0.184 e. The minimum absolute atomic E-state index is 0.0736. The van der Waals surface area contributed by atoms with Gasteiger partial charge in [-0.25, -0.2) is 8.42 Å². The molecule has 3 rings (SSSR count). The number of hydrogen-bond acceptors (Lipinski definition) is 4. The number of sulfone groups is 1. The molecule has 4 nitrogen and oxygen atoms in total. The summed E-state index contributed by atoms with van der Waals surface area (Å²) in [4.78, 5) is 0.0736. The lowest BCUT2D eigenvalue weighted by molar-refractivity contribution is 0.591. The fourth-order valence-electron chi connectivity index (χ4n) is 3.24. The topological polar surface area (TPSA) is 81.7 Å². The normalized spacial score (nSPS) is 21.1. The number of halogens is 1. The summed E-state index contributed by atoms with van der Waals surface area (Å²) in [7, 11) is -3.83. The average Bonchev–Trinajstić information content (AvgIpc) is 3.33. The maximum absolute atomic E-state index is 13.0. The Morgan fingerprint density at radius 3 is 2.08 bits per heavy atom. The fourth-order valence-corrected chi connectivity index (χ4v) is 5.57. The minimum atomic E-state index is -3.83. The molecule has 1 fully saturated rings. The van der Waals surface area contributed by atoms with Crippen LogP contribution in [0.3, 0.4) is 0 Å². The highest BCUT2D eigenvalue weighted by molar-refractivity contribution is 7.92. The third-order valence-corrected chi connectivity index (χ3v) is 7.22. The summed E-state index contributed by atoms with van der Waals surface area (Å²) in [6.07, 6.45) is 0.860. The molecule has 0 aliphatic heterocycles. The van der Waals surface area contributed by atoms with Crippen molar-refractivity contribution in [2.75, 3.05) is 0 Å². The Hall–Kier alpha value is -2.34. The van der Waals surface area contributed by atoms with Gasteiger partial charge in [-0.15, -0.1) is 0 Å². The first-order chi connectivity index (χ1) is 11.9. The predicted octanol–water partition coefficient (Wildman–Crippen LogP) is 3.88. The molecule has 0 heterocycles. The largest absolute Gasteiger partial charge is 0.223 e. The van der Waals surface area contributed by atoms with Gasteiger partial charge in [-0.05, 0) is 41.8 Å². The van der Waals surface area contributed by atoms with Crippen LogP contribution >= 0.6 is 11.6 Å². The quantitative estimate of drug-likeness (QED) is 0.817. The third-order valence-electron chi connectivity index (χ3n) is 4.73. The zero-order valence-electron chi connectivity index (χ0n) is 13.5. The van der Waals surface area contributed by atoms with Crippen LogP contribution in [0.2, 0.25) is 5.02 Å². The summed E-state index contributed by atoms with van der Waals surface area (Å²) in [6.45, 7) is 2.02. The summed E-state index contributed by atoms with van der Waals surface area (Å²) in [5.74, 6) is -0.658. The molecule has 0 aromatic heterocycles. The van der Waals surface area contributed by atoms with Gasteiger partial charge in [0.1, 0.15) is 5.25 Å². The lowest BCUT2D eigenvalue weighted by Crippen LogP contribution is -2.14. The third kappa shape index (κ3) is 2.70. The number of nitriles is 2. The zero-order chi connectivity index (χ0) is 18.2. The van der Waals surface area contributed by atoms with E-state index in [0.717, 1.165) is 12.0 Å². The number of benzene rings is 2. The first-order valence-corrected chi connectivity index (χ1v) is 9.74. The van der Waals surface area contributed by atoms with E-state index in [-0.39, 0.29) is 4.90 Å². The van der Waals surface area contributed by atoms with E-state index in [9.17, 15) is 18.9 Å². The van der Waals surface area contributed by atoms with Gasteiger partial charge in [-0.3, -0.25) is 0 Å². The van der Waals surface area contributed by atoms with Gasteiger partial charge in [0.2, 0.25) is 0 Å². The van der Waals surface area contributed by atoms with E-state index in [0.29, 0.717) is 10.6 Å². The number of hydrogen-bond donors (Lipinski definition) is 0. The van der Waals surface area contributed by atoms with E-state index in [1.807, 2.05) is 43.3 Å². The molecule has 126 valence electrons. The Bertz CT molecular complexity index is 970. The van der Waals surface area contributed by atoms with E-state index in [1.165, 1.54) is 24.3 Å². The monoisotopic (exact) mass is 370 g/mol. The van der Waals surface area contributed by atoms with Crippen molar-refractivity contribution in [1.82, 2.24) is 0 Å². The van der Waals surface area contributed by atoms with E-state index in [4.69, 9.17) is 11.6 Å². The molecular formula is C19H15ClN2O2S. The zero-order valence-corrected chi connectivity index (χ0v) is 15.1. The van der Waals surface area contributed by atoms with E-state index in [1.54, 1.807) is 0 Å². The second-order valence-corrected chi connectivity index (χ2v) is 8.59. The van der Waals surface area contributed by atoms with Crippen LogP contribution in [0, 0.1) is 28.1 Å². The van der Waals surface area contributed by atoms with Crippen LogP contribution < -0.4 is 0 Å². The predicted molar refractivity (Wildman–Crippen MR) is 94.6 cm³/mol. The Balaban J connectivity index is 2.06. The van der Waals surface area contributed by atoms with Crippen molar-refractivity contribution in [3.05, 3.63) is 64.7 Å². The summed E-state index contributed by atoms with van der Waals surface area (Å²) < 4.78 is 26.0. The molecule has 0 saturated heterocycles. The summed E-state index contributed by atoms with van der Waals surface area (Å²) in [6, 6.07) is 17.1. The van der Waals surface area contributed by atoms with Crippen molar-refractivity contribution in [2.24, 2.45) is 5.41 Å². The smallest absolute Gasteiger partial charge is 0.184 e. The molecule has 0 bridgehead atoms. The van der Waals surface area contributed by atoms with Crippen LogP contribution in [-0.4, -0.2) is 13.7 Å². The van der Waals surface area contributed by atoms with Crippen LogP contribution in [0.1, 0.15) is 24.0 Å². The van der Waals surface area contributed by atoms with E-state index in [2.05, 4.69) is 0 Å². The minimum Gasteiger partial charge on any atom is -0.223 e. The Kier molecular flexibility index (Phi) is 4.33. The standard InChI is InChI=1S/C19H15ClN2O2S/c1-2-13-3-5-14(6-4-13)17-18(19(17,11-21)12-22)25(23,24)16-9-7-15(20)8-10-16/h3-10,17-18H,2H2,1H3/t17-,18+/m1/s1. The van der Waals surface area contributed by atoms with Gasteiger partial charge in [0, 0.05) is 10.9 Å². The molecule has 0 spiro atoms. The highest BCUT2D eigenvalue weighted by atomic mass is 35.5. The molecule has 6 heteroatoms. The van der Waals surface area contributed by atoms with Crippen LogP contribution in [0.5, 0.6) is 0 Å². The van der Waals surface area contributed by atoms with Crippen LogP contribution in [0.15, 0.2) is 53.4 Å². The van der Waals surface area contributed by atoms with Gasteiger partial charge in [0.05, 0.1) is 17.0 Å². The van der Waals surface area contributed by atoms with Crippen LogP contribution in [-0.2, 0) is 16.3 Å². The molecule has 2 atom stereocenters. The van der Waals surface area contributed by atoms with Crippen molar-refractivity contribution < 1.29 is 8.42 Å². The van der Waals surface area contributed by atoms with E-state index < -0.39 is 26.4 Å².